The maximum Gasteiger partial charge on any atom is 0.413 e. The lowest BCUT2D eigenvalue weighted by Crippen LogP contribution is -2.23. The van der Waals surface area contributed by atoms with Crippen molar-refractivity contribution in [3.8, 4) is 11.3 Å². The summed E-state index contributed by atoms with van der Waals surface area (Å²) in [4.78, 5) is 23.4. The Kier molecular flexibility index (Phi) is 4.07. The summed E-state index contributed by atoms with van der Waals surface area (Å²) in [5.41, 5.74) is 7.83. The lowest BCUT2D eigenvalue weighted by atomic mass is 10.1. The molecule has 8 nitrogen and oxygen atoms in total. The molecule has 0 spiro atoms. The molecule has 8 heteroatoms. The van der Waals surface area contributed by atoms with Crippen molar-refractivity contribution in [3.05, 3.63) is 35.9 Å². The van der Waals surface area contributed by atoms with E-state index < -0.39 is 6.09 Å². The molecular weight excluding hydrogens is 272 g/mol. The molecule has 2 aromatic heterocycles. The predicted molar refractivity (Wildman–Crippen MR) is 76.8 cm³/mol. The summed E-state index contributed by atoms with van der Waals surface area (Å²) in [5.74, 6) is 0.0164. The standard InChI is InChI=1S/C13H14N6O2/c1-7-9(10-5-19-11(14)6-18-10)3-8(4-17-7)12(15)21-13(20)16-2/h3-6,15H,1-2H3,(H2,14,19)(H,16,20). The van der Waals surface area contributed by atoms with E-state index in [-0.39, 0.29) is 5.90 Å². The summed E-state index contributed by atoms with van der Waals surface area (Å²) >= 11 is 0. The Morgan fingerprint density at radius 2 is 2.05 bits per heavy atom. The quantitative estimate of drug-likeness (QED) is 0.560. The second-order valence-electron chi connectivity index (χ2n) is 4.15. The van der Waals surface area contributed by atoms with Gasteiger partial charge in [-0.1, -0.05) is 0 Å². The molecule has 0 aliphatic heterocycles. The number of hydrogen-bond acceptors (Lipinski definition) is 7. The number of alkyl carbamates (subject to hydrolysis) is 1. The number of nitrogen functional groups attached to an aromatic ring is 1. The van der Waals surface area contributed by atoms with Crippen LogP contribution in [0.5, 0.6) is 0 Å². The first-order valence-electron chi connectivity index (χ1n) is 6.04. The molecule has 0 bridgehead atoms. The third-order valence-electron chi connectivity index (χ3n) is 2.70. The fourth-order valence-corrected chi connectivity index (χ4v) is 1.60. The zero-order valence-corrected chi connectivity index (χ0v) is 11.5. The van der Waals surface area contributed by atoms with Gasteiger partial charge in [-0.3, -0.25) is 15.4 Å². The fraction of sp³-hybridized carbons (Fsp3) is 0.154. The van der Waals surface area contributed by atoms with Crippen molar-refractivity contribution in [2.45, 2.75) is 6.92 Å². The van der Waals surface area contributed by atoms with Gasteiger partial charge in [0.05, 0.1) is 23.7 Å². The smallest absolute Gasteiger partial charge is 0.391 e. The lowest BCUT2D eigenvalue weighted by molar-refractivity contribution is 0.199. The van der Waals surface area contributed by atoms with Crippen LogP contribution in [0.4, 0.5) is 10.6 Å². The van der Waals surface area contributed by atoms with E-state index in [0.717, 1.165) is 0 Å². The van der Waals surface area contributed by atoms with Gasteiger partial charge in [0.1, 0.15) is 5.82 Å². The van der Waals surface area contributed by atoms with Crippen LogP contribution in [0.1, 0.15) is 11.3 Å². The van der Waals surface area contributed by atoms with Gasteiger partial charge in [-0.05, 0) is 13.0 Å². The summed E-state index contributed by atoms with van der Waals surface area (Å²) in [6, 6.07) is 1.66. The topological polar surface area (TPSA) is 127 Å². The van der Waals surface area contributed by atoms with Gasteiger partial charge in [0.25, 0.3) is 0 Å². The van der Waals surface area contributed by atoms with Crippen molar-refractivity contribution < 1.29 is 9.53 Å². The number of aryl methyl sites for hydroxylation is 1. The molecule has 2 aromatic rings. The number of nitrogens with zero attached hydrogens (tertiary/aromatic N) is 3. The summed E-state index contributed by atoms with van der Waals surface area (Å²) in [6.45, 7) is 1.81. The Labute approximate surface area is 120 Å². The van der Waals surface area contributed by atoms with Gasteiger partial charge in [0.15, 0.2) is 0 Å². The van der Waals surface area contributed by atoms with E-state index in [1.165, 1.54) is 25.6 Å². The Bertz CT molecular complexity index is 684. The van der Waals surface area contributed by atoms with Crippen LogP contribution < -0.4 is 11.1 Å². The SMILES string of the molecule is CNC(=O)OC(=N)c1cnc(C)c(-c2cnc(N)cn2)c1. The lowest BCUT2D eigenvalue weighted by Gasteiger charge is -2.08. The first-order valence-corrected chi connectivity index (χ1v) is 6.04. The van der Waals surface area contributed by atoms with Crippen LogP contribution in [-0.4, -0.2) is 34.0 Å². The zero-order valence-electron chi connectivity index (χ0n) is 11.5. The first kappa shape index (κ1) is 14.4. The minimum Gasteiger partial charge on any atom is -0.391 e. The molecule has 2 heterocycles. The number of nitrogens with two attached hydrogens (primary N) is 1. The van der Waals surface area contributed by atoms with E-state index in [4.69, 9.17) is 15.9 Å². The van der Waals surface area contributed by atoms with Crippen LogP contribution in [0, 0.1) is 12.3 Å². The van der Waals surface area contributed by atoms with Crippen LogP contribution in [0.25, 0.3) is 11.3 Å². The van der Waals surface area contributed by atoms with Crippen molar-refractivity contribution in [1.29, 1.82) is 5.41 Å². The van der Waals surface area contributed by atoms with E-state index in [9.17, 15) is 4.79 Å². The first-order chi connectivity index (χ1) is 10.0. The zero-order chi connectivity index (χ0) is 15.4. The van der Waals surface area contributed by atoms with Crippen molar-refractivity contribution >= 4 is 17.8 Å². The maximum atomic E-state index is 11.1. The van der Waals surface area contributed by atoms with Gasteiger partial charge >= 0.3 is 6.09 Å². The highest BCUT2D eigenvalue weighted by atomic mass is 16.6. The number of nitrogens with one attached hydrogen (secondary N) is 2. The van der Waals surface area contributed by atoms with Gasteiger partial charge in [-0.2, -0.15) is 0 Å². The van der Waals surface area contributed by atoms with Crippen LogP contribution in [0.2, 0.25) is 0 Å². The van der Waals surface area contributed by atoms with Gasteiger partial charge in [-0.25, -0.2) is 9.78 Å². The van der Waals surface area contributed by atoms with E-state index >= 15 is 0 Å². The molecule has 0 aliphatic carbocycles. The van der Waals surface area contributed by atoms with E-state index in [0.29, 0.717) is 28.3 Å². The largest absolute Gasteiger partial charge is 0.413 e. The number of aromatic nitrogens is 3. The molecule has 0 unspecified atom stereocenters. The highest BCUT2D eigenvalue weighted by Crippen LogP contribution is 2.21. The Balaban J connectivity index is 2.35. The second-order valence-corrected chi connectivity index (χ2v) is 4.15. The summed E-state index contributed by atoms with van der Waals surface area (Å²) in [7, 11) is 1.42. The maximum absolute atomic E-state index is 11.1. The Morgan fingerprint density at radius 3 is 2.67 bits per heavy atom. The number of carbonyl (C=O) groups excluding carboxylic acids is 1. The molecule has 0 aromatic carbocycles. The second kappa shape index (κ2) is 5.95. The summed E-state index contributed by atoms with van der Waals surface area (Å²) in [6.07, 6.45) is 3.70. The van der Waals surface area contributed by atoms with Crippen LogP contribution in [0.15, 0.2) is 24.7 Å². The number of pyridine rings is 1. The number of anilines is 1. The highest BCUT2D eigenvalue weighted by Gasteiger charge is 2.12. The minimum absolute atomic E-state index is 0.300. The number of amides is 1. The Morgan fingerprint density at radius 1 is 1.29 bits per heavy atom. The molecular formula is C13H14N6O2. The van der Waals surface area contributed by atoms with E-state index in [1.54, 1.807) is 13.0 Å². The monoisotopic (exact) mass is 286 g/mol. The van der Waals surface area contributed by atoms with Crippen LogP contribution in [-0.2, 0) is 4.74 Å². The molecule has 21 heavy (non-hydrogen) atoms. The molecule has 4 N–H and O–H groups in total. The van der Waals surface area contributed by atoms with Gasteiger partial charge in [0, 0.05) is 24.5 Å². The van der Waals surface area contributed by atoms with Crippen LogP contribution in [0.3, 0.4) is 0 Å². The van der Waals surface area contributed by atoms with Crippen LogP contribution >= 0.6 is 0 Å². The van der Waals surface area contributed by atoms with Gasteiger partial charge in [-0.15, -0.1) is 0 Å². The van der Waals surface area contributed by atoms with Crippen molar-refractivity contribution in [2.24, 2.45) is 0 Å². The summed E-state index contributed by atoms with van der Waals surface area (Å²) < 4.78 is 4.77. The normalized spacial score (nSPS) is 10.0. The van der Waals surface area contributed by atoms with Gasteiger partial charge < -0.3 is 15.8 Å². The average molecular weight is 286 g/mol. The third kappa shape index (κ3) is 3.30. The summed E-state index contributed by atoms with van der Waals surface area (Å²) in [5, 5.41) is 10.0. The number of carbonyl (C=O) groups is 1. The average Bonchev–Trinajstić information content (AvgIpc) is 2.48. The number of ether oxygens (including phenoxy) is 1. The predicted octanol–water partition coefficient (Wildman–Crippen LogP) is 1.11. The molecule has 1 amide bonds. The fourth-order valence-electron chi connectivity index (χ4n) is 1.60. The number of hydrogen-bond donors (Lipinski definition) is 3. The van der Waals surface area contributed by atoms with Crippen molar-refractivity contribution in [3.63, 3.8) is 0 Å². The van der Waals surface area contributed by atoms with E-state index in [2.05, 4.69) is 20.3 Å². The molecule has 0 atom stereocenters. The molecule has 108 valence electrons. The minimum atomic E-state index is -0.714. The van der Waals surface area contributed by atoms with E-state index in [1.807, 2.05) is 0 Å². The highest BCUT2D eigenvalue weighted by molar-refractivity contribution is 5.98. The molecule has 2 rings (SSSR count). The molecule has 0 fully saturated rings. The van der Waals surface area contributed by atoms with Crippen molar-refractivity contribution in [2.75, 3.05) is 12.8 Å². The number of rotatable bonds is 2. The molecule has 0 saturated carbocycles. The van der Waals surface area contributed by atoms with Crippen molar-refractivity contribution in [1.82, 2.24) is 20.3 Å². The van der Waals surface area contributed by atoms with Gasteiger partial charge in [0.2, 0.25) is 5.90 Å². The Hall–Kier alpha value is -3.03. The molecule has 0 aliphatic rings. The third-order valence-corrected chi connectivity index (χ3v) is 2.70. The molecule has 0 radical (unpaired) electrons. The molecule has 0 saturated heterocycles.